The van der Waals surface area contributed by atoms with Crippen LogP contribution in [0.3, 0.4) is 0 Å². The summed E-state index contributed by atoms with van der Waals surface area (Å²) >= 11 is 0. The number of benzene rings is 3. The molecule has 176 valence electrons. The van der Waals surface area contributed by atoms with Gasteiger partial charge in [-0.15, -0.1) is 6.92 Å². The van der Waals surface area contributed by atoms with Crippen molar-refractivity contribution in [2.24, 2.45) is 0 Å². The molecule has 3 aromatic carbocycles. The first-order valence-electron chi connectivity index (χ1n) is 10.8. The van der Waals surface area contributed by atoms with E-state index in [1.165, 1.54) is 43.4 Å². The van der Waals surface area contributed by atoms with Gasteiger partial charge in [0.1, 0.15) is 8.07 Å². The van der Waals surface area contributed by atoms with Crippen LogP contribution in [0.15, 0.2) is 95.6 Å². The van der Waals surface area contributed by atoms with Crippen LogP contribution in [0.2, 0.25) is 5.04 Å². The molecule has 4 rings (SSSR count). The van der Waals surface area contributed by atoms with Crippen LogP contribution < -0.4 is 52.8 Å². The SMILES string of the molecule is CC1=[C-]C(C)([Si](c2ccccc2)(c2ccccc2)c2cc(C)cc(C)c2)C(C)=C1C.[Cl-].[Cl-].[Cl-].[Ti+4]. The molecular formula is C29H31Cl3SiTi. The van der Waals surface area contributed by atoms with Crippen LogP contribution in [0.4, 0.5) is 0 Å². The van der Waals surface area contributed by atoms with Gasteiger partial charge in [0, 0.05) is 0 Å². The van der Waals surface area contributed by atoms with Crippen LogP contribution in [0.5, 0.6) is 0 Å². The van der Waals surface area contributed by atoms with E-state index >= 15 is 0 Å². The predicted octanol–water partition coefficient (Wildman–Crippen LogP) is -3.36. The first-order chi connectivity index (χ1) is 14.3. The van der Waals surface area contributed by atoms with E-state index in [9.17, 15) is 0 Å². The minimum Gasteiger partial charge on any atom is -1.00 e. The number of halogens is 3. The second-order valence-corrected chi connectivity index (χ2v) is 13.2. The molecule has 1 aliphatic rings. The number of aryl methyl sites for hydroxylation is 2. The van der Waals surface area contributed by atoms with Crippen LogP contribution >= 0.6 is 0 Å². The van der Waals surface area contributed by atoms with E-state index in [0.29, 0.717) is 0 Å². The number of allylic oxidation sites excluding steroid dienone is 4. The van der Waals surface area contributed by atoms with Crippen molar-refractivity contribution in [1.82, 2.24) is 0 Å². The first kappa shape index (κ1) is 32.9. The Kier molecular flexibility index (Phi) is 12.4. The number of hydrogen-bond acceptors (Lipinski definition) is 0. The van der Waals surface area contributed by atoms with Gasteiger partial charge in [-0.25, -0.2) is 5.57 Å². The maximum absolute atomic E-state index is 4.01. The molecule has 1 atom stereocenters. The molecule has 0 aliphatic heterocycles. The Balaban J connectivity index is 0.00000272. The molecule has 0 saturated heterocycles. The molecule has 0 heterocycles. The van der Waals surface area contributed by atoms with Gasteiger partial charge in [-0.1, -0.05) is 116 Å². The minimum absolute atomic E-state index is 0. The molecule has 0 spiro atoms. The fraction of sp³-hybridized carbons (Fsp3) is 0.241. The summed E-state index contributed by atoms with van der Waals surface area (Å²) < 4.78 is 0. The molecule has 0 fully saturated rings. The topological polar surface area (TPSA) is 0 Å². The van der Waals surface area contributed by atoms with E-state index in [1.54, 1.807) is 0 Å². The van der Waals surface area contributed by atoms with Crippen molar-refractivity contribution < 1.29 is 58.9 Å². The zero-order chi connectivity index (χ0) is 21.5. The summed E-state index contributed by atoms with van der Waals surface area (Å²) in [7, 11) is -2.51. The fourth-order valence-corrected chi connectivity index (χ4v) is 11.7. The van der Waals surface area contributed by atoms with Gasteiger partial charge in [0.15, 0.2) is 0 Å². The quantitative estimate of drug-likeness (QED) is 0.178. The molecule has 0 nitrogen and oxygen atoms in total. The van der Waals surface area contributed by atoms with E-state index in [-0.39, 0.29) is 64.0 Å². The average Bonchev–Trinajstić information content (AvgIpc) is 2.93. The molecule has 0 aromatic heterocycles. The van der Waals surface area contributed by atoms with Gasteiger partial charge in [0.05, 0.1) is 0 Å². The van der Waals surface area contributed by atoms with E-state index in [0.717, 1.165) is 0 Å². The Hall–Kier alpha value is -1.06. The van der Waals surface area contributed by atoms with Crippen LogP contribution in [0, 0.1) is 19.9 Å². The van der Waals surface area contributed by atoms with Gasteiger partial charge in [-0.2, -0.15) is 11.1 Å². The molecule has 0 amide bonds. The second kappa shape index (κ2) is 12.8. The third-order valence-corrected chi connectivity index (χ3v) is 12.7. The smallest absolute Gasteiger partial charge is 1.00 e. The second-order valence-electron chi connectivity index (χ2n) is 8.98. The summed E-state index contributed by atoms with van der Waals surface area (Å²) in [6, 6.07) is 29.6. The van der Waals surface area contributed by atoms with Crippen LogP contribution in [-0.2, 0) is 21.7 Å². The molecule has 0 radical (unpaired) electrons. The Morgan fingerprint density at radius 1 is 0.618 bits per heavy atom. The molecular weight excluding hydrogens is 531 g/mol. The summed E-state index contributed by atoms with van der Waals surface area (Å²) in [5, 5.41) is 4.19. The maximum atomic E-state index is 4.01. The zero-order valence-electron chi connectivity index (χ0n) is 20.6. The Labute approximate surface area is 240 Å². The van der Waals surface area contributed by atoms with Crippen LogP contribution in [0.25, 0.3) is 0 Å². The van der Waals surface area contributed by atoms with E-state index in [4.69, 9.17) is 0 Å². The normalized spacial score (nSPS) is 16.9. The summed E-state index contributed by atoms with van der Waals surface area (Å²) in [6.45, 7) is 13.7. The molecule has 0 bridgehead atoms. The van der Waals surface area contributed by atoms with Gasteiger partial charge in [0.2, 0.25) is 0 Å². The van der Waals surface area contributed by atoms with E-state index in [2.05, 4.69) is 126 Å². The molecule has 5 heteroatoms. The average molecular weight is 562 g/mol. The summed E-state index contributed by atoms with van der Waals surface area (Å²) in [6.07, 6.45) is 4.01. The Bertz CT molecular complexity index is 1100. The van der Waals surface area contributed by atoms with Crippen molar-refractivity contribution in [1.29, 1.82) is 0 Å². The standard InChI is InChI=1S/C29H31Si.3ClH.Ti/c1-21-17-22(2)19-28(18-21)30(26-13-9-7-10-14-26,27-15-11-8-12-16-27)29(6)20-23(3)24(4)25(29)5;;;;/h7-19H,1-6H3;3*1H;/q-1;;;;+4/p-3. The van der Waals surface area contributed by atoms with Crippen LogP contribution in [-0.4, -0.2) is 8.07 Å². The van der Waals surface area contributed by atoms with Gasteiger partial charge in [-0.3, -0.25) is 6.08 Å². The third-order valence-electron chi connectivity index (χ3n) is 7.13. The predicted molar refractivity (Wildman–Crippen MR) is 133 cm³/mol. The maximum Gasteiger partial charge on any atom is 4.00 e. The molecule has 34 heavy (non-hydrogen) atoms. The summed E-state index contributed by atoms with van der Waals surface area (Å²) in [4.78, 5) is 0. The Morgan fingerprint density at radius 3 is 1.38 bits per heavy atom. The summed E-state index contributed by atoms with van der Waals surface area (Å²) in [5.74, 6) is 0. The van der Waals surface area contributed by atoms with Crippen molar-refractivity contribution in [3.8, 4) is 0 Å². The van der Waals surface area contributed by atoms with E-state index in [1.807, 2.05) is 0 Å². The third kappa shape index (κ3) is 5.21. The monoisotopic (exact) mass is 560 g/mol. The molecule has 1 aliphatic carbocycles. The van der Waals surface area contributed by atoms with Crippen molar-refractivity contribution in [3.05, 3.63) is 113 Å². The van der Waals surface area contributed by atoms with Gasteiger partial charge < -0.3 is 37.2 Å². The minimum atomic E-state index is -2.51. The van der Waals surface area contributed by atoms with Gasteiger partial charge in [0.25, 0.3) is 0 Å². The van der Waals surface area contributed by atoms with Gasteiger partial charge in [-0.05, 0) is 29.4 Å². The zero-order valence-corrected chi connectivity index (χ0v) is 25.5. The molecule has 3 aromatic rings. The molecule has 0 N–H and O–H groups in total. The molecule has 1 unspecified atom stereocenters. The Morgan fingerprint density at radius 2 is 1.03 bits per heavy atom. The van der Waals surface area contributed by atoms with Crippen molar-refractivity contribution in [2.45, 2.75) is 46.6 Å². The van der Waals surface area contributed by atoms with Gasteiger partial charge >= 0.3 is 21.7 Å². The first-order valence-corrected chi connectivity index (χ1v) is 12.8. The van der Waals surface area contributed by atoms with Crippen LogP contribution in [0.1, 0.15) is 38.8 Å². The number of hydrogen-bond donors (Lipinski definition) is 0. The fourth-order valence-electron chi connectivity index (χ4n) is 5.53. The number of rotatable bonds is 4. The van der Waals surface area contributed by atoms with Crippen molar-refractivity contribution in [3.63, 3.8) is 0 Å². The summed E-state index contributed by atoms with van der Waals surface area (Å²) in [5.41, 5.74) is 6.80. The molecule has 0 saturated carbocycles. The van der Waals surface area contributed by atoms with Crippen molar-refractivity contribution in [2.75, 3.05) is 0 Å². The van der Waals surface area contributed by atoms with Crippen molar-refractivity contribution >= 4 is 23.6 Å². The van der Waals surface area contributed by atoms with E-state index < -0.39 is 8.07 Å². The largest absolute Gasteiger partial charge is 4.00 e.